The van der Waals surface area contributed by atoms with Crippen LogP contribution in [-0.2, 0) is 6.42 Å². The van der Waals surface area contributed by atoms with Crippen molar-refractivity contribution >= 4 is 5.82 Å². The number of nitriles is 1. The van der Waals surface area contributed by atoms with Crippen LogP contribution in [0.5, 0.6) is 0 Å². The van der Waals surface area contributed by atoms with Crippen LogP contribution in [0.3, 0.4) is 0 Å². The molecule has 0 radical (unpaired) electrons. The van der Waals surface area contributed by atoms with Gasteiger partial charge in [-0.3, -0.25) is 0 Å². The van der Waals surface area contributed by atoms with E-state index in [1.54, 1.807) is 0 Å². The standard InChI is InChI=1S/C15H19N5O/c1-3-12-7-5-6-8-14(12)20-17-13(11-16)15(18-20)19(4-2)9-10-21/h5-8,21H,3-4,9-10H2,1-2H3. The van der Waals surface area contributed by atoms with Crippen molar-refractivity contribution in [3.05, 3.63) is 35.5 Å². The molecule has 0 aliphatic carbocycles. The molecule has 0 saturated heterocycles. The molecule has 0 spiro atoms. The summed E-state index contributed by atoms with van der Waals surface area (Å²) in [7, 11) is 0. The largest absolute Gasteiger partial charge is 0.395 e. The highest BCUT2D eigenvalue weighted by molar-refractivity contribution is 5.51. The molecule has 110 valence electrons. The van der Waals surface area contributed by atoms with Crippen LogP contribution < -0.4 is 4.90 Å². The molecule has 1 aromatic carbocycles. The van der Waals surface area contributed by atoms with Gasteiger partial charge in [0, 0.05) is 13.1 Å². The minimum atomic E-state index is 0.0110. The normalized spacial score (nSPS) is 10.4. The predicted molar refractivity (Wildman–Crippen MR) is 80.4 cm³/mol. The summed E-state index contributed by atoms with van der Waals surface area (Å²) < 4.78 is 0. The van der Waals surface area contributed by atoms with Crippen molar-refractivity contribution in [1.29, 1.82) is 5.26 Å². The lowest BCUT2D eigenvalue weighted by molar-refractivity contribution is 0.302. The monoisotopic (exact) mass is 285 g/mol. The number of hydrogen-bond acceptors (Lipinski definition) is 5. The molecule has 0 aliphatic rings. The van der Waals surface area contributed by atoms with Crippen LogP contribution in [0, 0.1) is 11.3 Å². The van der Waals surface area contributed by atoms with E-state index in [4.69, 9.17) is 5.11 Å². The number of para-hydroxylation sites is 1. The first-order valence-electron chi connectivity index (χ1n) is 7.06. The van der Waals surface area contributed by atoms with Crippen molar-refractivity contribution in [3.63, 3.8) is 0 Å². The van der Waals surface area contributed by atoms with Gasteiger partial charge in [0.2, 0.25) is 5.69 Å². The van der Waals surface area contributed by atoms with Crippen LogP contribution >= 0.6 is 0 Å². The lowest BCUT2D eigenvalue weighted by Gasteiger charge is -2.18. The first-order valence-corrected chi connectivity index (χ1v) is 7.06. The van der Waals surface area contributed by atoms with E-state index in [2.05, 4.69) is 23.2 Å². The van der Waals surface area contributed by atoms with E-state index in [0.717, 1.165) is 17.7 Å². The Kier molecular flexibility index (Phi) is 4.90. The van der Waals surface area contributed by atoms with E-state index < -0.39 is 0 Å². The average molecular weight is 285 g/mol. The molecule has 1 N–H and O–H groups in total. The predicted octanol–water partition coefficient (Wildman–Crippen LogP) is 1.52. The fourth-order valence-electron chi connectivity index (χ4n) is 2.23. The Labute approximate surface area is 124 Å². The lowest BCUT2D eigenvalue weighted by atomic mass is 10.1. The molecule has 1 aromatic heterocycles. The number of aliphatic hydroxyl groups is 1. The van der Waals surface area contributed by atoms with Gasteiger partial charge in [-0.15, -0.1) is 15.0 Å². The Bertz CT molecular complexity index is 644. The Hall–Kier alpha value is -2.39. The molecule has 21 heavy (non-hydrogen) atoms. The second-order valence-electron chi connectivity index (χ2n) is 4.56. The molecule has 0 atom stereocenters. The second kappa shape index (κ2) is 6.86. The zero-order valence-corrected chi connectivity index (χ0v) is 12.3. The lowest BCUT2D eigenvalue weighted by Crippen LogP contribution is -2.27. The molecule has 6 nitrogen and oxygen atoms in total. The van der Waals surface area contributed by atoms with E-state index in [1.165, 1.54) is 4.80 Å². The fraction of sp³-hybridized carbons (Fsp3) is 0.400. The second-order valence-corrected chi connectivity index (χ2v) is 4.56. The summed E-state index contributed by atoms with van der Waals surface area (Å²) in [6.07, 6.45) is 0.864. The highest BCUT2D eigenvalue weighted by Crippen LogP contribution is 2.19. The van der Waals surface area contributed by atoms with E-state index >= 15 is 0 Å². The maximum Gasteiger partial charge on any atom is 0.207 e. The van der Waals surface area contributed by atoms with Gasteiger partial charge in [0.25, 0.3) is 0 Å². The van der Waals surface area contributed by atoms with Crippen LogP contribution in [0.2, 0.25) is 0 Å². The van der Waals surface area contributed by atoms with E-state index in [0.29, 0.717) is 18.9 Å². The van der Waals surface area contributed by atoms with Gasteiger partial charge in [0.15, 0.2) is 5.82 Å². The molecule has 0 unspecified atom stereocenters. The molecular weight excluding hydrogens is 266 g/mol. The molecule has 6 heteroatoms. The zero-order chi connectivity index (χ0) is 15.2. The third-order valence-electron chi connectivity index (χ3n) is 3.34. The van der Waals surface area contributed by atoms with E-state index in [9.17, 15) is 5.26 Å². The molecule has 2 aromatic rings. The SMILES string of the molecule is CCc1ccccc1-n1nc(C#N)c(N(CC)CCO)n1. The van der Waals surface area contributed by atoms with Gasteiger partial charge in [0.05, 0.1) is 12.3 Å². The third kappa shape index (κ3) is 3.03. The highest BCUT2D eigenvalue weighted by atomic mass is 16.3. The Balaban J connectivity index is 2.48. The summed E-state index contributed by atoms with van der Waals surface area (Å²) in [5.74, 6) is 0.514. The number of benzene rings is 1. The van der Waals surface area contributed by atoms with Gasteiger partial charge in [-0.25, -0.2) is 0 Å². The number of nitrogens with zero attached hydrogens (tertiary/aromatic N) is 5. The number of likely N-dealkylation sites (N-methyl/N-ethyl adjacent to an activating group) is 1. The molecule has 2 rings (SSSR count). The third-order valence-corrected chi connectivity index (χ3v) is 3.34. The minimum absolute atomic E-state index is 0.0110. The van der Waals surface area contributed by atoms with Crippen molar-refractivity contribution in [3.8, 4) is 11.8 Å². The number of hydrogen-bond donors (Lipinski definition) is 1. The maximum atomic E-state index is 9.26. The average Bonchev–Trinajstić information content (AvgIpc) is 2.96. The summed E-state index contributed by atoms with van der Waals surface area (Å²) in [4.78, 5) is 3.35. The van der Waals surface area contributed by atoms with Gasteiger partial charge in [-0.2, -0.15) is 5.26 Å². The van der Waals surface area contributed by atoms with Crippen LogP contribution in [0.25, 0.3) is 5.69 Å². The van der Waals surface area contributed by atoms with Crippen molar-refractivity contribution in [1.82, 2.24) is 15.0 Å². The molecule has 0 fully saturated rings. The fourth-order valence-corrected chi connectivity index (χ4v) is 2.23. The molecule has 0 amide bonds. The molecule has 0 bridgehead atoms. The van der Waals surface area contributed by atoms with Gasteiger partial charge in [-0.1, -0.05) is 25.1 Å². The van der Waals surface area contributed by atoms with Crippen LogP contribution in [0.1, 0.15) is 25.1 Å². The Morgan fingerprint density at radius 3 is 2.67 bits per heavy atom. The number of aliphatic hydroxyl groups excluding tert-OH is 1. The van der Waals surface area contributed by atoms with E-state index in [-0.39, 0.29) is 12.3 Å². The number of anilines is 1. The van der Waals surface area contributed by atoms with Crippen molar-refractivity contribution in [2.45, 2.75) is 20.3 Å². The van der Waals surface area contributed by atoms with E-state index in [1.807, 2.05) is 36.1 Å². The molecular formula is C15H19N5O. The summed E-state index contributed by atoms with van der Waals surface area (Å²) >= 11 is 0. The van der Waals surface area contributed by atoms with Crippen molar-refractivity contribution in [2.24, 2.45) is 0 Å². The first kappa shape index (κ1) is 15.0. The number of aryl methyl sites for hydroxylation is 1. The smallest absolute Gasteiger partial charge is 0.207 e. The Morgan fingerprint density at radius 1 is 1.29 bits per heavy atom. The summed E-state index contributed by atoms with van der Waals surface area (Å²) in [6, 6.07) is 9.94. The van der Waals surface area contributed by atoms with Gasteiger partial charge >= 0.3 is 0 Å². The van der Waals surface area contributed by atoms with Crippen LogP contribution in [-0.4, -0.2) is 39.8 Å². The minimum Gasteiger partial charge on any atom is -0.395 e. The molecule has 0 saturated carbocycles. The summed E-state index contributed by atoms with van der Waals surface area (Å²) in [6.45, 7) is 5.12. The topological polar surface area (TPSA) is 78.0 Å². The Morgan fingerprint density at radius 2 is 2.05 bits per heavy atom. The first-order chi connectivity index (χ1) is 10.2. The maximum absolute atomic E-state index is 9.26. The van der Waals surface area contributed by atoms with Crippen LogP contribution in [0.15, 0.2) is 24.3 Å². The quantitative estimate of drug-likeness (QED) is 0.870. The van der Waals surface area contributed by atoms with Crippen molar-refractivity contribution < 1.29 is 5.11 Å². The number of rotatable bonds is 6. The van der Waals surface area contributed by atoms with Gasteiger partial charge in [-0.05, 0) is 25.0 Å². The molecule has 1 heterocycles. The zero-order valence-electron chi connectivity index (χ0n) is 12.3. The van der Waals surface area contributed by atoms with Crippen LogP contribution in [0.4, 0.5) is 5.82 Å². The van der Waals surface area contributed by atoms with Gasteiger partial charge in [0.1, 0.15) is 6.07 Å². The van der Waals surface area contributed by atoms with Gasteiger partial charge < -0.3 is 10.0 Å². The van der Waals surface area contributed by atoms with Crippen molar-refractivity contribution in [2.75, 3.05) is 24.6 Å². The summed E-state index contributed by atoms with van der Waals surface area (Å²) in [5.41, 5.74) is 2.27. The molecule has 0 aliphatic heterocycles. The number of aromatic nitrogens is 3. The highest BCUT2D eigenvalue weighted by Gasteiger charge is 2.18. The summed E-state index contributed by atoms with van der Waals surface area (Å²) in [5, 5.41) is 27.1.